The highest BCUT2D eigenvalue weighted by atomic mass is 16.5. The van der Waals surface area contributed by atoms with Gasteiger partial charge in [-0.1, -0.05) is 6.92 Å². The first-order valence-corrected chi connectivity index (χ1v) is 5.65. The summed E-state index contributed by atoms with van der Waals surface area (Å²) < 4.78 is 5.39. The number of carbonyl (C=O) groups is 1. The lowest BCUT2D eigenvalue weighted by Crippen LogP contribution is -2.30. The molecule has 0 radical (unpaired) electrons. The van der Waals surface area contributed by atoms with Crippen LogP contribution in [-0.4, -0.2) is 37.6 Å². The van der Waals surface area contributed by atoms with Crippen LogP contribution in [0.25, 0.3) is 0 Å². The molecule has 0 amide bonds. The molecule has 0 aliphatic heterocycles. The van der Waals surface area contributed by atoms with Gasteiger partial charge in [-0.3, -0.25) is 4.79 Å². The van der Waals surface area contributed by atoms with Crippen molar-refractivity contribution in [1.82, 2.24) is 4.90 Å². The third-order valence-electron chi connectivity index (χ3n) is 2.73. The maximum atomic E-state index is 11.7. The summed E-state index contributed by atoms with van der Waals surface area (Å²) in [4.78, 5) is 13.8. The van der Waals surface area contributed by atoms with Crippen LogP contribution in [-0.2, 0) is 9.53 Å². The summed E-state index contributed by atoms with van der Waals surface area (Å²) in [6.07, 6.45) is 1.70. The van der Waals surface area contributed by atoms with E-state index in [0.717, 1.165) is 19.4 Å². The van der Waals surface area contributed by atoms with E-state index in [1.807, 2.05) is 41.8 Å². The van der Waals surface area contributed by atoms with Gasteiger partial charge in [0.1, 0.15) is 6.10 Å². The largest absolute Gasteiger partial charge is 0.462 e. The lowest BCUT2D eigenvalue weighted by Gasteiger charge is -2.24. The van der Waals surface area contributed by atoms with E-state index in [9.17, 15) is 4.79 Å². The minimum Gasteiger partial charge on any atom is -0.462 e. The molecule has 0 fully saturated rings. The van der Waals surface area contributed by atoms with Gasteiger partial charge < -0.3 is 9.64 Å². The van der Waals surface area contributed by atoms with Crippen molar-refractivity contribution in [1.29, 1.82) is 0 Å². The molecule has 0 N–H and O–H groups in total. The second kappa shape index (κ2) is 6.11. The monoisotopic (exact) mass is 215 g/mol. The highest BCUT2D eigenvalue weighted by molar-refractivity contribution is 5.75. The Labute approximate surface area is 93.8 Å². The first-order valence-electron chi connectivity index (χ1n) is 5.65. The molecule has 0 rings (SSSR count). The van der Waals surface area contributed by atoms with Crippen molar-refractivity contribution in [3.8, 4) is 0 Å². The van der Waals surface area contributed by atoms with Crippen molar-refractivity contribution >= 4 is 5.97 Å². The van der Waals surface area contributed by atoms with Gasteiger partial charge in [-0.25, -0.2) is 0 Å². The fourth-order valence-corrected chi connectivity index (χ4v) is 0.986. The Morgan fingerprint density at radius 1 is 1.40 bits per heavy atom. The summed E-state index contributed by atoms with van der Waals surface area (Å²) in [5.41, 5.74) is -0.355. The number of carbonyl (C=O) groups excluding carboxylic acids is 1. The molecule has 3 nitrogen and oxygen atoms in total. The van der Waals surface area contributed by atoms with E-state index in [-0.39, 0.29) is 17.5 Å². The average molecular weight is 215 g/mol. The third-order valence-corrected chi connectivity index (χ3v) is 2.73. The van der Waals surface area contributed by atoms with E-state index in [4.69, 9.17) is 4.74 Å². The summed E-state index contributed by atoms with van der Waals surface area (Å²) in [7, 11) is 4.04. The van der Waals surface area contributed by atoms with Crippen LogP contribution >= 0.6 is 0 Å². The molecular weight excluding hydrogens is 190 g/mol. The molecule has 0 bridgehead atoms. The van der Waals surface area contributed by atoms with E-state index in [0.29, 0.717) is 0 Å². The van der Waals surface area contributed by atoms with E-state index in [1.165, 1.54) is 0 Å². The number of hydrogen-bond acceptors (Lipinski definition) is 3. The van der Waals surface area contributed by atoms with Gasteiger partial charge in [0.05, 0.1) is 5.41 Å². The Kier molecular flexibility index (Phi) is 5.88. The molecule has 0 saturated heterocycles. The predicted octanol–water partition coefficient (Wildman–Crippen LogP) is 2.31. The van der Waals surface area contributed by atoms with Gasteiger partial charge in [-0.2, -0.15) is 0 Å². The highest BCUT2D eigenvalue weighted by Crippen LogP contribution is 2.22. The Hall–Kier alpha value is -0.570. The van der Waals surface area contributed by atoms with Crippen LogP contribution < -0.4 is 0 Å². The maximum Gasteiger partial charge on any atom is 0.311 e. The first-order chi connectivity index (χ1) is 6.79. The molecule has 15 heavy (non-hydrogen) atoms. The van der Waals surface area contributed by atoms with Gasteiger partial charge in [0.25, 0.3) is 0 Å². The molecule has 0 aliphatic carbocycles. The fourth-order valence-electron chi connectivity index (χ4n) is 0.986. The summed E-state index contributed by atoms with van der Waals surface area (Å²) in [6, 6.07) is 0. The van der Waals surface area contributed by atoms with Gasteiger partial charge in [0.2, 0.25) is 0 Å². The average Bonchev–Trinajstić information content (AvgIpc) is 2.14. The summed E-state index contributed by atoms with van der Waals surface area (Å²) in [5.74, 6) is -0.0868. The van der Waals surface area contributed by atoms with Crippen LogP contribution in [0.15, 0.2) is 0 Å². The topological polar surface area (TPSA) is 29.5 Å². The van der Waals surface area contributed by atoms with Crippen LogP contribution in [0.4, 0.5) is 0 Å². The number of hydrogen-bond donors (Lipinski definition) is 0. The Morgan fingerprint density at radius 3 is 2.33 bits per heavy atom. The molecule has 0 aromatic heterocycles. The quantitative estimate of drug-likeness (QED) is 0.637. The van der Waals surface area contributed by atoms with Crippen LogP contribution in [0, 0.1) is 5.41 Å². The molecule has 0 aliphatic rings. The van der Waals surface area contributed by atoms with E-state index < -0.39 is 0 Å². The molecule has 0 aromatic carbocycles. The van der Waals surface area contributed by atoms with Gasteiger partial charge in [0, 0.05) is 6.54 Å². The van der Waals surface area contributed by atoms with Crippen molar-refractivity contribution in [3.63, 3.8) is 0 Å². The van der Waals surface area contributed by atoms with Crippen LogP contribution in [0.3, 0.4) is 0 Å². The Balaban J connectivity index is 3.96. The molecule has 1 unspecified atom stereocenters. The molecular formula is C12H25NO2. The molecule has 0 spiro atoms. The van der Waals surface area contributed by atoms with E-state index >= 15 is 0 Å². The minimum absolute atomic E-state index is 0.00530. The molecule has 0 saturated carbocycles. The van der Waals surface area contributed by atoms with Gasteiger partial charge in [0.15, 0.2) is 0 Å². The second-order valence-corrected chi connectivity index (χ2v) is 5.05. The third kappa shape index (κ3) is 5.78. The zero-order chi connectivity index (χ0) is 12.1. The van der Waals surface area contributed by atoms with Gasteiger partial charge >= 0.3 is 5.97 Å². The fraction of sp³-hybridized carbons (Fsp3) is 0.917. The minimum atomic E-state index is -0.355. The summed E-state index contributed by atoms with van der Waals surface area (Å²) in [5, 5.41) is 0. The standard InChI is InChI=1S/C12H25NO2/c1-7-12(3,4)11(14)15-10(2)8-9-13(5)6/h10H,7-9H2,1-6H3. The first kappa shape index (κ1) is 14.4. The number of ether oxygens (including phenoxy) is 1. The number of nitrogens with zero attached hydrogens (tertiary/aromatic N) is 1. The molecule has 1 atom stereocenters. The Bertz CT molecular complexity index is 200. The van der Waals surface area contributed by atoms with Crippen molar-refractivity contribution in [2.45, 2.75) is 46.6 Å². The van der Waals surface area contributed by atoms with Crippen molar-refractivity contribution in [3.05, 3.63) is 0 Å². The van der Waals surface area contributed by atoms with Crippen LogP contribution in [0.1, 0.15) is 40.5 Å². The van der Waals surface area contributed by atoms with Crippen molar-refractivity contribution < 1.29 is 9.53 Å². The van der Waals surface area contributed by atoms with Gasteiger partial charge in [-0.15, -0.1) is 0 Å². The molecule has 0 aromatic rings. The zero-order valence-corrected chi connectivity index (χ0v) is 11.0. The SMILES string of the molecule is CCC(C)(C)C(=O)OC(C)CCN(C)C. The van der Waals surface area contributed by atoms with Crippen LogP contribution in [0.5, 0.6) is 0 Å². The number of esters is 1. The zero-order valence-electron chi connectivity index (χ0n) is 11.0. The maximum absolute atomic E-state index is 11.7. The van der Waals surface area contributed by atoms with Crippen molar-refractivity contribution in [2.24, 2.45) is 5.41 Å². The van der Waals surface area contributed by atoms with Crippen molar-refractivity contribution in [2.75, 3.05) is 20.6 Å². The molecule has 90 valence electrons. The normalized spacial score (nSPS) is 14.1. The van der Waals surface area contributed by atoms with Crippen LogP contribution in [0.2, 0.25) is 0 Å². The molecule has 3 heteroatoms. The summed E-state index contributed by atoms with van der Waals surface area (Å²) >= 11 is 0. The molecule has 0 heterocycles. The highest BCUT2D eigenvalue weighted by Gasteiger charge is 2.28. The lowest BCUT2D eigenvalue weighted by atomic mass is 9.90. The lowest BCUT2D eigenvalue weighted by molar-refractivity contribution is -0.159. The predicted molar refractivity (Wildman–Crippen MR) is 62.8 cm³/mol. The smallest absolute Gasteiger partial charge is 0.311 e. The second-order valence-electron chi connectivity index (χ2n) is 5.05. The Morgan fingerprint density at radius 2 is 1.93 bits per heavy atom. The summed E-state index contributed by atoms with van der Waals surface area (Å²) in [6.45, 7) is 8.75. The van der Waals surface area contributed by atoms with Gasteiger partial charge in [-0.05, 0) is 47.7 Å². The number of rotatable bonds is 6. The van der Waals surface area contributed by atoms with E-state index in [2.05, 4.69) is 4.90 Å². The van der Waals surface area contributed by atoms with E-state index in [1.54, 1.807) is 0 Å².